The molecule has 0 amide bonds. The number of hydrogen-bond donors (Lipinski definition) is 0. The number of alkyl halides is 1. The highest BCUT2D eigenvalue weighted by Crippen LogP contribution is 2.36. The average Bonchev–Trinajstić information content (AvgIpc) is 2.85. The zero-order valence-corrected chi connectivity index (χ0v) is 8.61. The number of carbonyl (C=O) groups excluding carboxylic acids is 1. The number of allylic oxidation sites excluding steroid dienone is 4. The quantitative estimate of drug-likeness (QED) is 0.649. The van der Waals surface area contributed by atoms with E-state index in [1.165, 1.54) is 0 Å². The van der Waals surface area contributed by atoms with E-state index in [1.54, 1.807) is 6.08 Å². The highest BCUT2D eigenvalue weighted by molar-refractivity contribution is 6.36. The molecule has 0 spiro atoms. The number of ketones is 1. The molecule has 70 valence electrons. The first-order chi connectivity index (χ1) is 6.18. The smallest absolute Gasteiger partial charge is 0.167 e. The van der Waals surface area contributed by atoms with Gasteiger partial charge in [0.25, 0.3) is 0 Å². The van der Waals surface area contributed by atoms with E-state index in [1.807, 2.05) is 6.08 Å². The summed E-state index contributed by atoms with van der Waals surface area (Å²) in [7, 11) is 0. The highest BCUT2D eigenvalue weighted by atomic mass is 35.5. The van der Waals surface area contributed by atoms with Gasteiger partial charge in [-0.3, -0.25) is 4.79 Å². The Kier molecular flexibility index (Phi) is 2.48. The van der Waals surface area contributed by atoms with Gasteiger partial charge < -0.3 is 0 Å². The Balaban J connectivity index is 2.15. The molecule has 0 bridgehead atoms. The Hall–Kier alpha value is -0.270. The van der Waals surface area contributed by atoms with Crippen molar-refractivity contribution in [3.05, 3.63) is 22.8 Å². The van der Waals surface area contributed by atoms with Gasteiger partial charge in [-0.25, -0.2) is 0 Å². The molecule has 0 aliphatic heterocycles. The molecule has 0 saturated heterocycles. The topological polar surface area (TPSA) is 17.1 Å². The fraction of sp³-hybridized carbons (Fsp3) is 0.500. The van der Waals surface area contributed by atoms with Crippen LogP contribution in [0.5, 0.6) is 0 Å². The van der Waals surface area contributed by atoms with E-state index in [9.17, 15) is 4.79 Å². The van der Waals surface area contributed by atoms with Crippen LogP contribution in [0.4, 0.5) is 0 Å². The summed E-state index contributed by atoms with van der Waals surface area (Å²) in [4.78, 5) is 11.6. The average molecular weight is 217 g/mol. The van der Waals surface area contributed by atoms with E-state index >= 15 is 0 Å². The Morgan fingerprint density at radius 2 is 2.15 bits per heavy atom. The second-order valence-corrected chi connectivity index (χ2v) is 4.49. The van der Waals surface area contributed by atoms with Crippen LogP contribution in [-0.2, 0) is 4.79 Å². The first-order valence-corrected chi connectivity index (χ1v) is 5.26. The van der Waals surface area contributed by atoms with E-state index in [0.717, 1.165) is 12.8 Å². The maximum atomic E-state index is 11.6. The summed E-state index contributed by atoms with van der Waals surface area (Å²) in [5.41, 5.74) is 0.682. The van der Waals surface area contributed by atoms with E-state index in [2.05, 4.69) is 0 Å². The van der Waals surface area contributed by atoms with Gasteiger partial charge in [0.2, 0.25) is 0 Å². The minimum Gasteiger partial charge on any atom is -0.294 e. The molecule has 13 heavy (non-hydrogen) atoms. The SMILES string of the molecule is O=C(C1=CCC(Cl)C=C1Cl)C1CC1. The van der Waals surface area contributed by atoms with Crippen molar-refractivity contribution in [3.8, 4) is 0 Å². The predicted molar refractivity (Wildman–Crippen MR) is 54.0 cm³/mol. The van der Waals surface area contributed by atoms with Crippen LogP contribution in [-0.4, -0.2) is 11.2 Å². The van der Waals surface area contributed by atoms with Crippen molar-refractivity contribution < 1.29 is 4.79 Å². The van der Waals surface area contributed by atoms with Crippen molar-refractivity contribution >= 4 is 29.0 Å². The molecule has 1 saturated carbocycles. The van der Waals surface area contributed by atoms with E-state index in [4.69, 9.17) is 23.2 Å². The lowest BCUT2D eigenvalue weighted by molar-refractivity contribution is -0.116. The first kappa shape index (κ1) is 9.29. The van der Waals surface area contributed by atoms with Crippen LogP contribution in [0.3, 0.4) is 0 Å². The Bertz CT molecular complexity index is 300. The molecular formula is C10H10Cl2O. The monoisotopic (exact) mass is 216 g/mol. The van der Waals surface area contributed by atoms with E-state index in [-0.39, 0.29) is 17.1 Å². The van der Waals surface area contributed by atoms with Crippen molar-refractivity contribution in [2.75, 3.05) is 0 Å². The molecule has 2 aliphatic carbocycles. The maximum Gasteiger partial charge on any atom is 0.167 e. The Morgan fingerprint density at radius 1 is 1.46 bits per heavy atom. The van der Waals surface area contributed by atoms with Gasteiger partial charge in [-0.1, -0.05) is 17.7 Å². The number of rotatable bonds is 2. The maximum absolute atomic E-state index is 11.6. The number of carbonyl (C=O) groups is 1. The van der Waals surface area contributed by atoms with Gasteiger partial charge in [-0.2, -0.15) is 0 Å². The van der Waals surface area contributed by atoms with Crippen molar-refractivity contribution in [2.45, 2.75) is 24.6 Å². The largest absolute Gasteiger partial charge is 0.294 e. The molecular weight excluding hydrogens is 207 g/mol. The molecule has 1 nitrogen and oxygen atoms in total. The van der Waals surface area contributed by atoms with Crippen LogP contribution < -0.4 is 0 Å². The van der Waals surface area contributed by atoms with Gasteiger partial charge in [-0.05, 0) is 25.3 Å². The minimum absolute atomic E-state index is 0.0525. The molecule has 0 aromatic carbocycles. The normalized spacial score (nSPS) is 28.0. The number of Topliss-reactive ketones (excluding diaryl/α,β-unsaturated/α-hetero) is 1. The predicted octanol–water partition coefficient (Wildman–Crippen LogP) is 3.03. The Labute approximate surface area is 87.4 Å². The third-order valence-corrected chi connectivity index (χ3v) is 2.98. The van der Waals surface area contributed by atoms with Gasteiger partial charge in [0.15, 0.2) is 5.78 Å². The van der Waals surface area contributed by atoms with Crippen molar-refractivity contribution in [1.29, 1.82) is 0 Å². The van der Waals surface area contributed by atoms with Crippen molar-refractivity contribution in [2.24, 2.45) is 5.92 Å². The van der Waals surface area contributed by atoms with Gasteiger partial charge in [-0.15, -0.1) is 11.6 Å². The van der Waals surface area contributed by atoms with Crippen LogP contribution in [0.1, 0.15) is 19.3 Å². The summed E-state index contributed by atoms with van der Waals surface area (Å²) in [5.74, 6) is 0.435. The standard InChI is InChI=1S/C10H10Cl2O/c11-7-3-4-8(9(12)5-7)10(13)6-1-2-6/h4-7H,1-3H2. The zero-order valence-electron chi connectivity index (χ0n) is 7.09. The van der Waals surface area contributed by atoms with E-state index in [0.29, 0.717) is 17.0 Å². The summed E-state index contributed by atoms with van der Waals surface area (Å²) in [6.45, 7) is 0. The fourth-order valence-corrected chi connectivity index (χ4v) is 2.03. The van der Waals surface area contributed by atoms with E-state index < -0.39 is 0 Å². The third-order valence-electron chi connectivity index (χ3n) is 2.35. The molecule has 3 heteroatoms. The van der Waals surface area contributed by atoms with Crippen LogP contribution in [0.25, 0.3) is 0 Å². The molecule has 0 radical (unpaired) electrons. The van der Waals surface area contributed by atoms with Crippen LogP contribution in [0.15, 0.2) is 22.8 Å². The highest BCUT2D eigenvalue weighted by Gasteiger charge is 2.33. The molecule has 1 atom stereocenters. The third kappa shape index (κ3) is 1.97. The second-order valence-electron chi connectivity index (χ2n) is 3.52. The number of hydrogen-bond acceptors (Lipinski definition) is 1. The van der Waals surface area contributed by atoms with Gasteiger partial charge in [0.1, 0.15) is 0 Å². The second kappa shape index (κ2) is 3.47. The van der Waals surface area contributed by atoms with Crippen molar-refractivity contribution in [3.63, 3.8) is 0 Å². The molecule has 2 rings (SSSR count). The molecule has 0 N–H and O–H groups in total. The summed E-state index contributed by atoms with van der Waals surface area (Å²) in [5, 5.41) is 0.478. The Morgan fingerprint density at radius 3 is 2.69 bits per heavy atom. The molecule has 0 aromatic heterocycles. The summed E-state index contributed by atoms with van der Waals surface area (Å²) in [6.07, 6.45) is 6.36. The van der Waals surface area contributed by atoms with Crippen LogP contribution in [0.2, 0.25) is 0 Å². The first-order valence-electron chi connectivity index (χ1n) is 4.44. The molecule has 0 aromatic rings. The lowest BCUT2D eigenvalue weighted by Crippen LogP contribution is -2.10. The van der Waals surface area contributed by atoms with Crippen LogP contribution in [0, 0.1) is 5.92 Å². The lowest BCUT2D eigenvalue weighted by atomic mass is 10.0. The molecule has 2 aliphatic rings. The van der Waals surface area contributed by atoms with Gasteiger partial charge in [0.05, 0.1) is 5.38 Å². The lowest BCUT2D eigenvalue weighted by Gasteiger charge is -2.12. The fourth-order valence-electron chi connectivity index (χ4n) is 1.43. The summed E-state index contributed by atoms with van der Waals surface area (Å²) in [6, 6.07) is 0. The van der Waals surface area contributed by atoms with Crippen molar-refractivity contribution in [1.82, 2.24) is 0 Å². The van der Waals surface area contributed by atoms with Crippen LogP contribution >= 0.6 is 23.2 Å². The zero-order chi connectivity index (χ0) is 9.42. The van der Waals surface area contributed by atoms with Gasteiger partial charge in [0, 0.05) is 16.5 Å². The minimum atomic E-state index is -0.0525. The molecule has 1 fully saturated rings. The van der Waals surface area contributed by atoms with Gasteiger partial charge >= 0.3 is 0 Å². The summed E-state index contributed by atoms with van der Waals surface area (Å²) < 4.78 is 0. The molecule has 0 heterocycles. The molecule has 1 unspecified atom stereocenters. The summed E-state index contributed by atoms with van der Waals surface area (Å²) >= 11 is 11.8. The number of halogens is 2.